The van der Waals surface area contributed by atoms with Gasteiger partial charge < -0.3 is 25.2 Å². The minimum absolute atomic E-state index is 0.0167. The number of hydrogen-bond acceptors (Lipinski definition) is 5. The SMILES string of the molecule is CC(C)CC(NC(=O)[C@@H]1CO[C@H](CNC(=O)OCC2c3ccccc3-c3ccccc32)C1)C(=O)O. The lowest BCUT2D eigenvalue weighted by Gasteiger charge is -2.18. The first-order chi connectivity index (χ1) is 16.8. The van der Waals surface area contributed by atoms with Crippen LogP contribution >= 0.6 is 0 Å². The van der Waals surface area contributed by atoms with E-state index in [0.717, 1.165) is 11.1 Å². The van der Waals surface area contributed by atoms with Crippen molar-refractivity contribution in [2.75, 3.05) is 19.8 Å². The molecule has 1 unspecified atom stereocenters. The fourth-order valence-electron chi connectivity index (χ4n) is 4.86. The van der Waals surface area contributed by atoms with Crippen LogP contribution in [0.25, 0.3) is 11.1 Å². The molecule has 0 bridgehead atoms. The van der Waals surface area contributed by atoms with Gasteiger partial charge in [0.15, 0.2) is 0 Å². The Morgan fingerprint density at radius 1 is 1.06 bits per heavy atom. The van der Waals surface area contributed by atoms with Crippen molar-refractivity contribution >= 4 is 18.0 Å². The van der Waals surface area contributed by atoms with Crippen LogP contribution in [0.15, 0.2) is 48.5 Å². The van der Waals surface area contributed by atoms with Crippen molar-refractivity contribution in [3.8, 4) is 11.1 Å². The van der Waals surface area contributed by atoms with Gasteiger partial charge in [0, 0.05) is 12.5 Å². The molecule has 1 saturated heterocycles. The quantitative estimate of drug-likeness (QED) is 0.506. The van der Waals surface area contributed by atoms with Gasteiger partial charge in [0.1, 0.15) is 12.6 Å². The zero-order valence-corrected chi connectivity index (χ0v) is 20.0. The predicted octanol–water partition coefficient (Wildman–Crippen LogP) is 3.55. The van der Waals surface area contributed by atoms with Gasteiger partial charge in [0.05, 0.1) is 18.6 Å². The zero-order chi connectivity index (χ0) is 24.9. The molecular weight excluding hydrogens is 448 g/mol. The van der Waals surface area contributed by atoms with Gasteiger partial charge in [-0.1, -0.05) is 62.4 Å². The number of aliphatic carboxylic acids is 1. The summed E-state index contributed by atoms with van der Waals surface area (Å²) < 4.78 is 11.2. The highest BCUT2D eigenvalue weighted by molar-refractivity contribution is 5.85. The number of carbonyl (C=O) groups is 3. The summed E-state index contributed by atoms with van der Waals surface area (Å²) in [5.41, 5.74) is 4.62. The van der Waals surface area contributed by atoms with Crippen molar-refractivity contribution in [2.45, 2.75) is 44.8 Å². The van der Waals surface area contributed by atoms with E-state index in [1.807, 2.05) is 38.1 Å². The van der Waals surface area contributed by atoms with Gasteiger partial charge in [0.2, 0.25) is 5.91 Å². The molecule has 8 nitrogen and oxygen atoms in total. The van der Waals surface area contributed by atoms with Crippen LogP contribution in [0, 0.1) is 11.8 Å². The van der Waals surface area contributed by atoms with Crippen LogP contribution in [-0.4, -0.2) is 55.0 Å². The van der Waals surface area contributed by atoms with Gasteiger partial charge in [-0.05, 0) is 41.0 Å². The Kier molecular flexibility index (Phi) is 7.70. The van der Waals surface area contributed by atoms with E-state index in [9.17, 15) is 19.5 Å². The number of hydrogen-bond donors (Lipinski definition) is 3. The minimum Gasteiger partial charge on any atom is -0.480 e. The van der Waals surface area contributed by atoms with Crippen LogP contribution < -0.4 is 10.6 Å². The van der Waals surface area contributed by atoms with Crippen molar-refractivity contribution in [1.82, 2.24) is 10.6 Å². The Balaban J connectivity index is 1.24. The van der Waals surface area contributed by atoms with Crippen LogP contribution in [0.4, 0.5) is 4.79 Å². The molecule has 1 fully saturated rings. The summed E-state index contributed by atoms with van der Waals surface area (Å²) in [6.07, 6.45) is -0.101. The summed E-state index contributed by atoms with van der Waals surface area (Å²) in [6.45, 7) is 4.45. The van der Waals surface area contributed by atoms with Gasteiger partial charge in [-0.15, -0.1) is 0 Å². The molecule has 2 amide bonds. The first kappa shape index (κ1) is 24.7. The lowest BCUT2D eigenvalue weighted by Crippen LogP contribution is -2.44. The third-order valence-electron chi connectivity index (χ3n) is 6.59. The maximum atomic E-state index is 12.5. The molecule has 0 saturated carbocycles. The fourth-order valence-corrected chi connectivity index (χ4v) is 4.86. The maximum Gasteiger partial charge on any atom is 0.407 e. The highest BCUT2D eigenvalue weighted by Crippen LogP contribution is 2.44. The van der Waals surface area contributed by atoms with Crippen molar-refractivity contribution in [1.29, 1.82) is 0 Å². The number of amides is 2. The third-order valence-corrected chi connectivity index (χ3v) is 6.59. The van der Waals surface area contributed by atoms with E-state index in [1.54, 1.807) is 0 Å². The van der Waals surface area contributed by atoms with Crippen molar-refractivity contribution < 1.29 is 29.0 Å². The Morgan fingerprint density at radius 3 is 2.29 bits per heavy atom. The van der Waals surface area contributed by atoms with E-state index in [4.69, 9.17) is 9.47 Å². The molecule has 1 aliphatic carbocycles. The van der Waals surface area contributed by atoms with Crippen molar-refractivity contribution in [3.63, 3.8) is 0 Å². The molecule has 2 aromatic rings. The summed E-state index contributed by atoms with van der Waals surface area (Å²) >= 11 is 0. The Hall–Kier alpha value is -3.39. The largest absolute Gasteiger partial charge is 0.480 e. The number of ether oxygens (including phenoxy) is 2. The number of carboxylic acids is 1. The first-order valence-electron chi connectivity index (χ1n) is 12.1. The smallest absolute Gasteiger partial charge is 0.407 e. The summed E-state index contributed by atoms with van der Waals surface area (Å²) in [6, 6.07) is 15.4. The first-order valence-corrected chi connectivity index (χ1v) is 12.1. The fraction of sp³-hybridized carbons (Fsp3) is 0.444. The molecule has 1 heterocycles. The molecular formula is C27H32N2O6. The van der Waals surface area contributed by atoms with E-state index in [0.29, 0.717) is 12.8 Å². The molecule has 4 rings (SSSR count). The Labute approximate surface area is 205 Å². The number of benzene rings is 2. The van der Waals surface area contributed by atoms with Gasteiger partial charge in [-0.2, -0.15) is 0 Å². The predicted molar refractivity (Wildman–Crippen MR) is 130 cm³/mol. The van der Waals surface area contributed by atoms with Crippen LogP contribution in [0.5, 0.6) is 0 Å². The van der Waals surface area contributed by atoms with Gasteiger partial charge in [-0.3, -0.25) is 4.79 Å². The molecule has 2 aliphatic rings. The zero-order valence-electron chi connectivity index (χ0n) is 20.0. The average molecular weight is 481 g/mol. The van der Waals surface area contributed by atoms with Crippen molar-refractivity contribution in [3.05, 3.63) is 59.7 Å². The Bertz CT molecular complexity index is 1040. The molecule has 0 spiro atoms. The van der Waals surface area contributed by atoms with Crippen LogP contribution in [-0.2, 0) is 19.1 Å². The summed E-state index contributed by atoms with van der Waals surface area (Å²) in [4.78, 5) is 36.3. The van der Waals surface area contributed by atoms with E-state index < -0.39 is 24.0 Å². The highest BCUT2D eigenvalue weighted by atomic mass is 16.5. The Morgan fingerprint density at radius 2 is 1.69 bits per heavy atom. The van der Waals surface area contributed by atoms with Gasteiger partial charge >= 0.3 is 12.1 Å². The van der Waals surface area contributed by atoms with E-state index in [-0.39, 0.29) is 43.6 Å². The third kappa shape index (κ3) is 5.82. The second-order valence-electron chi connectivity index (χ2n) is 9.62. The topological polar surface area (TPSA) is 114 Å². The standard InChI is InChI=1S/C27H32N2O6/c1-16(2)11-24(26(31)32)29-25(30)17-12-18(34-14-17)13-28-27(33)35-15-23-21-9-5-3-7-19(21)20-8-4-6-10-22(20)23/h3-10,16-18,23-24H,11-15H2,1-2H3,(H,28,33)(H,29,30)(H,31,32)/t17-,18-,24?/m0/s1. The number of rotatable bonds is 9. The molecule has 1 aliphatic heterocycles. The second-order valence-corrected chi connectivity index (χ2v) is 9.62. The molecule has 186 valence electrons. The van der Waals surface area contributed by atoms with Crippen LogP contribution in [0.2, 0.25) is 0 Å². The number of carbonyl (C=O) groups excluding carboxylic acids is 2. The summed E-state index contributed by atoms with van der Waals surface area (Å²) in [5, 5.41) is 14.7. The summed E-state index contributed by atoms with van der Waals surface area (Å²) in [5.74, 6) is -1.69. The number of fused-ring (bicyclic) bond motifs is 3. The van der Waals surface area contributed by atoms with Gasteiger partial charge in [0.25, 0.3) is 0 Å². The number of nitrogens with one attached hydrogen (secondary N) is 2. The van der Waals surface area contributed by atoms with Crippen LogP contribution in [0.1, 0.15) is 43.7 Å². The van der Waals surface area contributed by atoms with Gasteiger partial charge in [-0.25, -0.2) is 9.59 Å². The average Bonchev–Trinajstić information content (AvgIpc) is 3.44. The second kappa shape index (κ2) is 10.9. The number of alkyl carbamates (subject to hydrolysis) is 1. The molecule has 8 heteroatoms. The molecule has 0 aromatic heterocycles. The molecule has 0 radical (unpaired) electrons. The van der Waals surface area contributed by atoms with E-state index >= 15 is 0 Å². The highest BCUT2D eigenvalue weighted by Gasteiger charge is 2.34. The lowest BCUT2D eigenvalue weighted by atomic mass is 9.98. The maximum absolute atomic E-state index is 12.5. The lowest BCUT2D eigenvalue weighted by molar-refractivity contribution is -0.143. The van der Waals surface area contributed by atoms with E-state index in [2.05, 4.69) is 34.9 Å². The monoisotopic (exact) mass is 480 g/mol. The minimum atomic E-state index is -1.04. The van der Waals surface area contributed by atoms with Crippen LogP contribution in [0.3, 0.4) is 0 Å². The molecule has 3 N–H and O–H groups in total. The summed E-state index contributed by atoms with van der Waals surface area (Å²) in [7, 11) is 0. The van der Waals surface area contributed by atoms with E-state index in [1.165, 1.54) is 11.1 Å². The van der Waals surface area contributed by atoms with Crippen molar-refractivity contribution in [2.24, 2.45) is 11.8 Å². The number of carboxylic acid groups (broad SMARTS) is 1. The molecule has 3 atom stereocenters. The normalized spacial score (nSPS) is 19.6. The molecule has 2 aromatic carbocycles. The molecule has 35 heavy (non-hydrogen) atoms.